The minimum Gasteiger partial charge on any atom is -0.449 e. The van der Waals surface area contributed by atoms with E-state index in [0.29, 0.717) is 11.3 Å². The molecule has 0 saturated heterocycles. The summed E-state index contributed by atoms with van der Waals surface area (Å²) in [6.45, 7) is 3.35. The van der Waals surface area contributed by atoms with E-state index < -0.39 is 12.1 Å². The largest absolute Gasteiger partial charge is 0.449 e. The molecular formula is C14H18N2O3. The maximum absolute atomic E-state index is 12.0. The summed E-state index contributed by atoms with van der Waals surface area (Å²) >= 11 is 0. The van der Waals surface area contributed by atoms with Gasteiger partial charge in [0.2, 0.25) is 0 Å². The molecule has 0 aliphatic heterocycles. The number of nitrogen functional groups attached to an aromatic ring is 1. The van der Waals surface area contributed by atoms with Crippen molar-refractivity contribution in [3.63, 3.8) is 0 Å². The Labute approximate surface area is 112 Å². The summed E-state index contributed by atoms with van der Waals surface area (Å²) in [6, 6.07) is 5.20. The Hall–Kier alpha value is -2.04. The van der Waals surface area contributed by atoms with Crippen molar-refractivity contribution in [3.8, 4) is 0 Å². The number of esters is 1. The fourth-order valence-electron chi connectivity index (χ4n) is 1.74. The van der Waals surface area contributed by atoms with Crippen molar-refractivity contribution < 1.29 is 14.3 Å². The second-order valence-corrected chi connectivity index (χ2v) is 4.90. The average molecular weight is 262 g/mol. The lowest BCUT2D eigenvalue weighted by Gasteiger charge is -2.14. The highest BCUT2D eigenvalue weighted by Gasteiger charge is 2.27. The Morgan fingerprint density at radius 1 is 1.42 bits per heavy atom. The molecule has 5 nitrogen and oxygen atoms in total. The number of ether oxygens (including phenoxy) is 1. The van der Waals surface area contributed by atoms with Crippen LogP contribution in [-0.4, -0.2) is 24.0 Å². The lowest BCUT2D eigenvalue weighted by Crippen LogP contribution is -2.37. The molecule has 2 rings (SSSR count). The van der Waals surface area contributed by atoms with Crippen molar-refractivity contribution in [2.45, 2.75) is 38.8 Å². The van der Waals surface area contributed by atoms with E-state index in [2.05, 4.69) is 5.32 Å². The summed E-state index contributed by atoms with van der Waals surface area (Å²) < 4.78 is 5.16. The molecule has 0 radical (unpaired) electrons. The third-order valence-corrected chi connectivity index (χ3v) is 3.05. The van der Waals surface area contributed by atoms with Gasteiger partial charge in [-0.3, -0.25) is 4.79 Å². The Morgan fingerprint density at radius 2 is 2.11 bits per heavy atom. The van der Waals surface area contributed by atoms with Gasteiger partial charge < -0.3 is 15.8 Å². The zero-order valence-electron chi connectivity index (χ0n) is 11.1. The monoisotopic (exact) mass is 262 g/mol. The molecule has 0 aromatic heterocycles. The molecule has 1 aliphatic carbocycles. The number of carbonyl (C=O) groups is 2. The second-order valence-electron chi connectivity index (χ2n) is 4.90. The van der Waals surface area contributed by atoms with Gasteiger partial charge in [-0.15, -0.1) is 0 Å². The van der Waals surface area contributed by atoms with Crippen LogP contribution in [0.4, 0.5) is 5.69 Å². The van der Waals surface area contributed by atoms with Gasteiger partial charge in [0.25, 0.3) is 5.91 Å². The summed E-state index contributed by atoms with van der Waals surface area (Å²) in [7, 11) is 0. The van der Waals surface area contributed by atoms with Gasteiger partial charge in [-0.2, -0.15) is 0 Å². The first-order valence-electron chi connectivity index (χ1n) is 6.35. The van der Waals surface area contributed by atoms with Crippen LogP contribution >= 0.6 is 0 Å². The predicted octanol–water partition coefficient (Wildman–Crippen LogP) is 1.40. The molecule has 19 heavy (non-hydrogen) atoms. The Bertz CT molecular complexity index is 509. The molecule has 5 heteroatoms. The number of nitrogens with two attached hydrogens (primary N) is 1. The molecule has 0 spiro atoms. The van der Waals surface area contributed by atoms with Crippen LogP contribution in [-0.2, 0) is 9.53 Å². The van der Waals surface area contributed by atoms with Gasteiger partial charge in [-0.05, 0) is 50.5 Å². The highest BCUT2D eigenvalue weighted by molar-refractivity contribution is 5.93. The van der Waals surface area contributed by atoms with E-state index >= 15 is 0 Å². The molecule has 1 aromatic rings. The fraction of sp³-hybridized carbons (Fsp3) is 0.429. The number of carbonyl (C=O) groups excluding carboxylic acids is 2. The molecule has 0 heterocycles. The maximum Gasteiger partial charge on any atom is 0.339 e. The van der Waals surface area contributed by atoms with Crippen LogP contribution in [0, 0.1) is 6.92 Å². The molecule has 0 bridgehead atoms. The van der Waals surface area contributed by atoms with Crippen LogP contribution in [0.15, 0.2) is 18.2 Å². The standard InChI is InChI=1S/C14H18N2O3/c1-8-7-10(15)3-6-12(8)14(18)19-9(2)13(17)16-11-4-5-11/h3,6-7,9,11H,4-5,15H2,1-2H3,(H,16,17). The number of rotatable bonds is 4. The topological polar surface area (TPSA) is 81.4 Å². The number of amides is 1. The molecule has 3 N–H and O–H groups in total. The Morgan fingerprint density at radius 3 is 2.68 bits per heavy atom. The minimum absolute atomic E-state index is 0.246. The number of anilines is 1. The van der Waals surface area contributed by atoms with E-state index in [1.165, 1.54) is 0 Å². The summed E-state index contributed by atoms with van der Waals surface area (Å²) in [5.74, 6) is -0.750. The third-order valence-electron chi connectivity index (χ3n) is 3.05. The van der Waals surface area contributed by atoms with Gasteiger partial charge in [0.15, 0.2) is 6.10 Å². The summed E-state index contributed by atoms with van der Waals surface area (Å²) in [6.07, 6.45) is 1.22. The molecule has 1 amide bonds. The Balaban J connectivity index is 1.97. The molecular weight excluding hydrogens is 244 g/mol. The minimum atomic E-state index is -0.787. The van der Waals surface area contributed by atoms with Crippen LogP contribution in [0.2, 0.25) is 0 Å². The van der Waals surface area contributed by atoms with Gasteiger partial charge in [-0.25, -0.2) is 4.79 Å². The zero-order chi connectivity index (χ0) is 14.0. The highest BCUT2D eigenvalue weighted by atomic mass is 16.5. The molecule has 1 fully saturated rings. The normalized spacial score (nSPS) is 15.7. The quantitative estimate of drug-likeness (QED) is 0.635. The van der Waals surface area contributed by atoms with E-state index in [1.54, 1.807) is 32.0 Å². The van der Waals surface area contributed by atoms with E-state index in [9.17, 15) is 9.59 Å². The second kappa shape index (κ2) is 5.30. The SMILES string of the molecule is Cc1cc(N)ccc1C(=O)OC(C)C(=O)NC1CC1. The van der Waals surface area contributed by atoms with Crippen molar-refractivity contribution in [2.75, 3.05) is 5.73 Å². The molecule has 1 aromatic carbocycles. The van der Waals surface area contributed by atoms with Gasteiger partial charge in [0, 0.05) is 11.7 Å². The van der Waals surface area contributed by atoms with E-state index in [1.807, 2.05) is 0 Å². The first-order chi connectivity index (χ1) is 8.97. The van der Waals surface area contributed by atoms with Crippen molar-refractivity contribution in [3.05, 3.63) is 29.3 Å². The van der Waals surface area contributed by atoms with Crippen LogP contribution < -0.4 is 11.1 Å². The van der Waals surface area contributed by atoms with E-state index in [0.717, 1.165) is 18.4 Å². The Kier molecular flexibility index (Phi) is 3.74. The molecule has 1 atom stereocenters. The average Bonchev–Trinajstić information content (AvgIpc) is 3.12. The van der Waals surface area contributed by atoms with Gasteiger partial charge >= 0.3 is 5.97 Å². The first kappa shape index (κ1) is 13.4. The lowest BCUT2D eigenvalue weighted by atomic mass is 10.1. The predicted molar refractivity (Wildman–Crippen MR) is 71.6 cm³/mol. The van der Waals surface area contributed by atoms with Crippen LogP contribution in [0.5, 0.6) is 0 Å². The number of hydrogen-bond donors (Lipinski definition) is 2. The van der Waals surface area contributed by atoms with Gasteiger partial charge in [-0.1, -0.05) is 0 Å². The molecule has 1 aliphatic rings. The number of aryl methyl sites for hydroxylation is 1. The first-order valence-corrected chi connectivity index (χ1v) is 6.35. The fourth-order valence-corrected chi connectivity index (χ4v) is 1.74. The van der Waals surface area contributed by atoms with Crippen molar-refractivity contribution in [1.29, 1.82) is 0 Å². The molecule has 102 valence electrons. The summed E-state index contributed by atoms with van der Waals surface area (Å²) in [5, 5.41) is 2.80. The smallest absolute Gasteiger partial charge is 0.339 e. The van der Waals surface area contributed by atoms with Crippen molar-refractivity contribution >= 4 is 17.6 Å². The van der Waals surface area contributed by atoms with Crippen LogP contribution in [0.1, 0.15) is 35.7 Å². The lowest BCUT2D eigenvalue weighted by molar-refractivity contribution is -0.129. The van der Waals surface area contributed by atoms with Crippen LogP contribution in [0.25, 0.3) is 0 Å². The highest BCUT2D eigenvalue weighted by Crippen LogP contribution is 2.19. The maximum atomic E-state index is 12.0. The van der Waals surface area contributed by atoms with Crippen molar-refractivity contribution in [2.24, 2.45) is 0 Å². The number of benzene rings is 1. The third kappa shape index (κ3) is 3.47. The molecule has 1 saturated carbocycles. The van der Waals surface area contributed by atoms with Gasteiger partial charge in [0.05, 0.1) is 5.56 Å². The van der Waals surface area contributed by atoms with Crippen LogP contribution in [0.3, 0.4) is 0 Å². The summed E-state index contributed by atoms with van der Waals surface area (Å²) in [4.78, 5) is 23.6. The van der Waals surface area contributed by atoms with Crippen molar-refractivity contribution in [1.82, 2.24) is 5.32 Å². The molecule has 1 unspecified atom stereocenters. The number of nitrogens with one attached hydrogen (secondary N) is 1. The van der Waals surface area contributed by atoms with E-state index in [4.69, 9.17) is 10.5 Å². The van der Waals surface area contributed by atoms with E-state index in [-0.39, 0.29) is 11.9 Å². The van der Waals surface area contributed by atoms with Gasteiger partial charge in [0.1, 0.15) is 0 Å². The number of hydrogen-bond acceptors (Lipinski definition) is 4. The summed E-state index contributed by atoms with van der Waals surface area (Å²) in [5.41, 5.74) is 7.38. The zero-order valence-corrected chi connectivity index (χ0v) is 11.1.